The lowest BCUT2D eigenvalue weighted by atomic mass is 10.1. The van der Waals surface area contributed by atoms with Crippen LogP contribution in [0.3, 0.4) is 0 Å². The summed E-state index contributed by atoms with van der Waals surface area (Å²) in [6.07, 6.45) is 1.73. The van der Waals surface area contributed by atoms with Gasteiger partial charge in [0.05, 0.1) is 27.9 Å². The number of methoxy groups -OCH3 is 3. The van der Waals surface area contributed by atoms with Gasteiger partial charge in [0.25, 0.3) is 0 Å². The topological polar surface area (TPSA) is 61.8 Å². The molecule has 0 fully saturated rings. The molecule has 0 aliphatic rings. The van der Waals surface area contributed by atoms with E-state index in [9.17, 15) is 0 Å². The largest absolute Gasteiger partial charge is 0.493 e. The Morgan fingerprint density at radius 1 is 1.00 bits per heavy atom. The lowest BCUT2D eigenvalue weighted by Gasteiger charge is -2.15. The zero-order valence-electron chi connectivity index (χ0n) is 14.6. The van der Waals surface area contributed by atoms with Crippen LogP contribution in [0.1, 0.15) is 18.1 Å². The van der Waals surface area contributed by atoms with E-state index in [-0.39, 0.29) is 0 Å². The van der Waals surface area contributed by atoms with Gasteiger partial charge in [-0.25, -0.2) is 4.98 Å². The zero-order valence-corrected chi connectivity index (χ0v) is 14.6. The number of aromatic nitrogens is 1. The average Bonchev–Trinajstić information content (AvgIpc) is 2.62. The van der Waals surface area contributed by atoms with Crippen LogP contribution in [-0.2, 0) is 13.1 Å². The molecule has 0 spiro atoms. The van der Waals surface area contributed by atoms with E-state index in [0.29, 0.717) is 42.8 Å². The van der Waals surface area contributed by atoms with Gasteiger partial charge in [0.2, 0.25) is 11.6 Å². The minimum Gasteiger partial charge on any atom is -0.493 e. The van der Waals surface area contributed by atoms with E-state index in [0.717, 1.165) is 11.1 Å². The standard InChI is InChI=1S/C18H24N2O4/c1-5-24-18-14(7-6-8-20-18)12-19-11-13-9-15(21-2)17(23-4)16(10-13)22-3/h6-10,19H,5,11-12H2,1-4H3. The lowest BCUT2D eigenvalue weighted by Crippen LogP contribution is -2.14. The van der Waals surface area contributed by atoms with Crippen molar-refractivity contribution in [3.63, 3.8) is 0 Å². The molecule has 1 aromatic heterocycles. The number of nitrogens with zero attached hydrogens (tertiary/aromatic N) is 1. The van der Waals surface area contributed by atoms with Gasteiger partial charge >= 0.3 is 0 Å². The van der Waals surface area contributed by atoms with Crippen molar-refractivity contribution in [1.82, 2.24) is 10.3 Å². The summed E-state index contributed by atoms with van der Waals surface area (Å²) in [6, 6.07) is 7.77. The van der Waals surface area contributed by atoms with Crippen LogP contribution in [0.2, 0.25) is 0 Å². The van der Waals surface area contributed by atoms with Gasteiger partial charge in [-0.2, -0.15) is 0 Å². The fraction of sp³-hybridized carbons (Fsp3) is 0.389. The summed E-state index contributed by atoms with van der Waals surface area (Å²) in [7, 11) is 4.81. The Kier molecular flexibility index (Phi) is 6.69. The molecule has 0 amide bonds. The second kappa shape index (κ2) is 8.98. The molecule has 2 rings (SSSR count). The lowest BCUT2D eigenvalue weighted by molar-refractivity contribution is 0.321. The molecule has 0 saturated carbocycles. The normalized spacial score (nSPS) is 10.3. The highest BCUT2D eigenvalue weighted by Crippen LogP contribution is 2.38. The predicted octanol–water partition coefficient (Wildman–Crippen LogP) is 2.80. The minimum absolute atomic E-state index is 0.592. The first-order valence-corrected chi connectivity index (χ1v) is 7.79. The van der Waals surface area contributed by atoms with Gasteiger partial charge in [-0.3, -0.25) is 0 Å². The number of rotatable bonds is 9. The summed E-state index contributed by atoms with van der Waals surface area (Å²) in [6.45, 7) is 3.84. The molecule has 130 valence electrons. The smallest absolute Gasteiger partial charge is 0.217 e. The van der Waals surface area contributed by atoms with E-state index in [4.69, 9.17) is 18.9 Å². The van der Waals surface area contributed by atoms with Crippen LogP contribution >= 0.6 is 0 Å². The van der Waals surface area contributed by atoms with Crippen molar-refractivity contribution in [2.75, 3.05) is 27.9 Å². The SMILES string of the molecule is CCOc1ncccc1CNCc1cc(OC)c(OC)c(OC)c1. The van der Waals surface area contributed by atoms with Gasteiger partial charge in [-0.05, 0) is 30.7 Å². The van der Waals surface area contributed by atoms with E-state index in [1.54, 1.807) is 27.5 Å². The van der Waals surface area contributed by atoms with Gasteiger partial charge in [-0.1, -0.05) is 6.07 Å². The summed E-state index contributed by atoms with van der Waals surface area (Å²) in [5, 5.41) is 3.38. The Morgan fingerprint density at radius 2 is 1.71 bits per heavy atom. The van der Waals surface area contributed by atoms with Gasteiger partial charge in [0.1, 0.15) is 0 Å². The Bertz CT molecular complexity index is 636. The van der Waals surface area contributed by atoms with Crippen LogP contribution in [-0.4, -0.2) is 32.9 Å². The van der Waals surface area contributed by atoms with Crippen molar-refractivity contribution in [2.24, 2.45) is 0 Å². The predicted molar refractivity (Wildman–Crippen MR) is 92.0 cm³/mol. The fourth-order valence-electron chi connectivity index (χ4n) is 2.40. The third-order valence-electron chi connectivity index (χ3n) is 3.50. The molecule has 0 radical (unpaired) electrons. The molecule has 1 aromatic carbocycles. The van der Waals surface area contributed by atoms with Gasteiger partial charge in [-0.15, -0.1) is 0 Å². The van der Waals surface area contributed by atoms with E-state index >= 15 is 0 Å². The Hall–Kier alpha value is -2.47. The molecule has 0 aliphatic heterocycles. The van der Waals surface area contributed by atoms with Gasteiger partial charge in [0.15, 0.2) is 11.5 Å². The molecular weight excluding hydrogens is 308 g/mol. The Balaban J connectivity index is 2.07. The number of benzene rings is 1. The van der Waals surface area contributed by atoms with E-state index in [2.05, 4.69) is 10.3 Å². The second-order valence-corrected chi connectivity index (χ2v) is 5.04. The fourth-order valence-corrected chi connectivity index (χ4v) is 2.40. The van der Waals surface area contributed by atoms with E-state index < -0.39 is 0 Å². The van der Waals surface area contributed by atoms with Crippen molar-refractivity contribution < 1.29 is 18.9 Å². The minimum atomic E-state index is 0.592. The molecule has 0 aliphatic carbocycles. The third-order valence-corrected chi connectivity index (χ3v) is 3.50. The highest BCUT2D eigenvalue weighted by Gasteiger charge is 2.13. The molecular formula is C18H24N2O4. The summed E-state index contributed by atoms with van der Waals surface area (Å²) >= 11 is 0. The maximum Gasteiger partial charge on any atom is 0.217 e. The quantitative estimate of drug-likeness (QED) is 0.762. The van der Waals surface area contributed by atoms with Crippen LogP contribution in [0, 0.1) is 0 Å². The third kappa shape index (κ3) is 4.29. The highest BCUT2D eigenvalue weighted by atomic mass is 16.5. The molecule has 6 nitrogen and oxygen atoms in total. The van der Waals surface area contributed by atoms with Crippen LogP contribution < -0.4 is 24.3 Å². The maximum absolute atomic E-state index is 5.54. The van der Waals surface area contributed by atoms with Crippen LogP contribution in [0.4, 0.5) is 0 Å². The molecule has 24 heavy (non-hydrogen) atoms. The van der Waals surface area contributed by atoms with Crippen molar-refractivity contribution in [3.8, 4) is 23.1 Å². The maximum atomic E-state index is 5.54. The van der Waals surface area contributed by atoms with Gasteiger partial charge < -0.3 is 24.3 Å². The first-order chi connectivity index (χ1) is 11.7. The van der Waals surface area contributed by atoms with Crippen molar-refractivity contribution in [3.05, 3.63) is 41.6 Å². The summed E-state index contributed by atoms with van der Waals surface area (Å²) in [5.41, 5.74) is 2.05. The molecule has 0 unspecified atom stereocenters. The first-order valence-electron chi connectivity index (χ1n) is 7.79. The van der Waals surface area contributed by atoms with Crippen LogP contribution in [0.15, 0.2) is 30.5 Å². The van der Waals surface area contributed by atoms with Crippen molar-refractivity contribution in [1.29, 1.82) is 0 Å². The Morgan fingerprint density at radius 3 is 2.29 bits per heavy atom. The number of hydrogen-bond donors (Lipinski definition) is 1. The number of hydrogen-bond acceptors (Lipinski definition) is 6. The summed E-state index contributed by atoms with van der Waals surface area (Å²) in [4.78, 5) is 4.25. The first kappa shape index (κ1) is 17.9. The molecule has 0 atom stereocenters. The molecule has 1 heterocycles. The van der Waals surface area contributed by atoms with Gasteiger partial charge in [0, 0.05) is 24.8 Å². The zero-order chi connectivity index (χ0) is 17.4. The second-order valence-electron chi connectivity index (χ2n) is 5.04. The van der Waals surface area contributed by atoms with Crippen molar-refractivity contribution in [2.45, 2.75) is 20.0 Å². The highest BCUT2D eigenvalue weighted by molar-refractivity contribution is 5.53. The summed E-state index contributed by atoms with van der Waals surface area (Å²) < 4.78 is 21.6. The molecule has 0 saturated heterocycles. The molecule has 1 N–H and O–H groups in total. The molecule has 0 bridgehead atoms. The number of nitrogens with one attached hydrogen (secondary N) is 1. The van der Waals surface area contributed by atoms with E-state index in [1.165, 1.54) is 0 Å². The van der Waals surface area contributed by atoms with Crippen molar-refractivity contribution >= 4 is 0 Å². The monoisotopic (exact) mass is 332 g/mol. The average molecular weight is 332 g/mol. The van der Waals surface area contributed by atoms with Crippen LogP contribution in [0.25, 0.3) is 0 Å². The van der Waals surface area contributed by atoms with E-state index in [1.807, 2.05) is 31.2 Å². The molecule has 6 heteroatoms. The molecule has 2 aromatic rings. The summed E-state index contributed by atoms with van der Waals surface area (Å²) in [5.74, 6) is 2.54. The number of ether oxygens (including phenoxy) is 4. The Labute approximate surface area is 142 Å². The van der Waals surface area contributed by atoms with Crippen LogP contribution in [0.5, 0.6) is 23.1 Å². The number of pyridine rings is 1.